The van der Waals surface area contributed by atoms with Crippen molar-refractivity contribution in [2.24, 2.45) is 0 Å². The molecule has 0 unspecified atom stereocenters. The average molecular weight is 493 g/mol. The molecule has 1 amide bonds. The maximum absolute atomic E-state index is 13.0. The summed E-state index contributed by atoms with van der Waals surface area (Å²) in [6.07, 6.45) is -1.23. The van der Waals surface area contributed by atoms with Crippen molar-refractivity contribution >= 4 is 34.1 Å². The fraction of sp³-hybridized carbons (Fsp3) is 0.231. The largest absolute Gasteiger partial charge is 0.416 e. The van der Waals surface area contributed by atoms with E-state index in [2.05, 4.69) is 25.2 Å². The van der Waals surface area contributed by atoms with Crippen molar-refractivity contribution in [2.75, 3.05) is 36.4 Å². The zero-order chi connectivity index (χ0) is 25.3. The summed E-state index contributed by atoms with van der Waals surface area (Å²) in [6.45, 7) is 4.36. The number of carbonyl (C=O) groups excluding carboxylic acids is 1. The Bertz CT molecular complexity index is 1400. The zero-order valence-electron chi connectivity index (χ0n) is 19.5. The van der Waals surface area contributed by atoms with Gasteiger partial charge in [0.15, 0.2) is 0 Å². The highest BCUT2D eigenvalue weighted by Crippen LogP contribution is 2.33. The molecule has 1 N–H and O–H groups in total. The topological polar surface area (TPSA) is 74.2 Å². The van der Waals surface area contributed by atoms with Gasteiger partial charge in [0.25, 0.3) is 5.91 Å². The van der Waals surface area contributed by atoms with E-state index in [0.717, 1.165) is 17.8 Å². The molecule has 0 saturated carbocycles. The summed E-state index contributed by atoms with van der Waals surface area (Å²) in [6, 6.07) is 14.1. The minimum Gasteiger partial charge on any atom is -0.355 e. The Kier molecular flexibility index (Phi) is 6.17. The standard InChI is InChI=1S/C26H23F3N6O/c1-17-8-10-31-25(32-17)35-14-12-34(13-15-35)24(36)18-2-5-20(6-3-18)33-22-9-11-30-23-16-19(26(27,28)29)4-7-21(22)23/h2-11,16H,12-15H2,1H3,(H,30,33). The number of aryl methyl sites for hydroxylation is 1. The first-order chi connectivity index (χ1) is 17.3. The van der Waals surface area contributed by atoms with Crippen LogP contribution < -0.4 is 10.2 Å². The highest BCUT2D eigenvalue weighted by molar-refractivity contribution is 5.96. The van der Waals surface area contributed by atoms with Crippen molar-refractivity contribution in [2.45, 2.75) is 13.1 Å². The third kappa shape index (κ3) is 4.93. The van der Waals surface area contributed by atoms with E-state index >= 15 is 0 Å². The summed E-state index contributed by atoms with van der Waals surface area (Å²) in [5.74, 6) is 0.621. The van der Waals surface area contributed by atoms with E-state index in [-0.39, 0.29) is 11.4 Å². The number of piperazine rings is 1. The molecule has 0 spiro atoms. The second-order valence-corrected chi connectivity index (χ2v) is 8.57. The lowest BCUT2D eigenvalue weighted by atomic mass is 10.1. The quantitative estimate of drug-likeness (QED) is 0.430. The van der Waals surface area contributed by atoms with E-state index in [4.69, 9.17) is 0 Å². The fourth-order valence-corrected chi connectivity index (χ4v) is 4.17. The van der Waals surface area contributed by atoms with Crippen LogP contribution in [0.1, 0.15) is 21.6 Å². The molecule has 7 nitrogen and oxygen atoms in total. The number of rotatable bonds is 4. The van der Waals surface area contributed by atoms with E-state index < -0.39 is 11.7 Å². The molecule has 184 valence electrons. The van der Waals surface area contributed by atoms with E-state index in [1.165, 1.54) is 12.3 Å². The van der Waals surface area contributed by atoms with Gasteiger partial charge in [0.05, 0.1) is 11.1 Å². The third-order valence-corrected chi connectivity index (χ3v) is 6.11. The molecule has 2 aromatic carbocycles. The molecule has 0 aliphatic carbocycles. The Labute approximate surface area is 205 Å². The van der Waals surface area contributed by atoms with Gasteiger partial charge in [0.2, 0.25) is 5.95 Å². The number of amides is 1. The van der Waals surface area contributed by atoms with Crippen LogP contribution in [0.25, 0.3) is 10.9 Å². The molecule has 1 saturated heterocycles. The van der Waals surface area contributed by atoms with Gasteiger partial charge in [-0.15, -0.1) is 0 Å². The predicted octanol–water partition coefficient (Wildman–Crippen LogP) is 5.06. The summed E-state index contributed by atoms with van der Waals surface area (Å²) in [5, 5.41) is 3.78. The maximum atomic E-state index is 13.0. The third-order valence-electron chi connectivity index (χ3n) is 6.11. The van der Waals surface area contributed by atoms with Gasteiger partial charge in [-0.3, -0.25) is 9.78 Å². The van der Waals surface area contributed by atoms with Crippen molar-refractivity contribution in [3.8, 4) is 0 Å². The molecular weight excluding hydrogens is 469 g/mol. The molecule has 0 atom stereocenters. The molecule has 1 aliphatic rings. The molecule has 10 heteroatoms. The number of nitrogens with one attached hydrogen (secondary N) is 1. The molecule has 2 aromatic heterocycles. The Morgan fingerprint density at radius 1 is 0.917 bits per heavy atom. The van der Waals surface area contributed by atoms with E-state index in [1.807, 2.05) is 17.9 Å². The number of nitrogens with zero attached hydrogens (tertiary/aromatic N) is 5. The number of hydrogen-bond acceptors (Lipinski definition) is 6. The average Bonchev–Trinajstić information content (AvgIpc) is 2.88. The van der Waals surface area contributed by atoms with Crippen LogP contribution in [0.4, 0.5) is 30.5 Å². The van der Waals surface area contributed by atoms with Crippen molar-refractivity contribution < 1.29 is 18.0 Å². The van der Waals surface area contributed by atoms with Gasteiger partial charge in [0, 0.05) is 66.6 Å². The SMILES string of the molecule is Cc1ccnc(N2CCN(C(=O)c3ccc(Nc4ccnc5cc(C(F)(F)F)ccc45)cc3)CC2)n1. The van der Waals surface area contributed by atoms with Crippen molar-refractivity contribution in [1.82, 2.24) is 19.9 Å². The van der Waals surface area contributed by atoms with Crippen LogP contribution in [0.2, 0.25) is 0 Å². The Morgan fingerprint density at radius 3 is 2.33 bits per heavy atom. The fourth-order valence-electron chi connectivity index (χ4n) is 4.17. The van der Waals surface area contributed by atoms with E-state index in [1.54, 1.807) is 36.5 Å². The molecule has 1 aliphatic heterocycles. The summed E-state index contributed by atoms with van der Waals surface area (Å²) in [5.41, 5.74) is 2.31. The van der Waals surface area contributed by atoms with Gasteiger partial charge in [0.1, 0.15) is 0 Å². The van der Waals surface area contributed by atoms with Crippen LogP contribution in [0.5, 0.6) is 0 Å². The first-order valence-electron chi connectivity index (χ1n) is 11.4. The second-order valence-electron chi connectivity index (χ2n) is 8.57. The molecule has 36 heavy (non-hydrogen) atoms. The minimum atomic E-state index is -4.43. The van der Waals surface area contributed by atoms with Crippen LogP contribution in [0, 0.1) is 6.92 Å². The van der Waals surface area contributed by atoms with Crippen LogP contribution in [-0.4, -0.2) is 51.9 Å². The zero-order valence-corrected chi connectivity index (χ0v) is 19.5. The van der Waals surface area contributed by atoms with Crippen LogP contribution in [0.15, 0.2) is 67.0 Å². The summed E-state index contributed by atoms with van der Waals surface area (Å²) in [4.78, 5) is 29.7. The smallest absolute Gasteiger partial charge is 0.355 e. The first-order valence-corrected chi connectivity index (χ1v) is 11.4. The van der Waals surface area contributed by atoms with Gasteiger partial charge >= 0.3 is 6.18 Å². The van der Waals surface area contributed by atoms with Crippen LogP contribution >= 0.6 is 0 Å². The van der Waals surface area contributed by atoms with Crippen molar-refractivity contribution in [3.05, 3.63) is 83.8 Å². The number of anilines is 3. The predicted molar refractivity (Wildman–Crippen MR) is 131 cm³/mol. The molecule has 3 heterocycles. The second kappa shape index (κ2) is 9.44. The van der Waals surface area contributed by atoms with Gasteiger partial charge in [-0.05, 0) is 55.5 Å². The van der Waals surface area contributed by atoms with Crippen LogP contribution in [0.3, 0.4) is 0 Å². The highest BCUT2D eigenvalue weighted by Gasteiger charge is 2.30. The number of benzene rings is 2. The first kappa shape index (κ1) is 23.5. The van der Waals surface area contributed by atoms with Crippen molar-refractivity contribution in [1.29, 1.82) is 0 Å². The summed E-state index contributed by atoms with van der Waals surface area (Å²) in [7, 11) is 0. The van der Waals surface area contributed by atoms with Gasteiger partial charge in [-0.2, -0.15) is 13.2 Å². The van der Waals surface area contributed by atoms with E-state index in [0.29, 0.717) is 54.5 Å². The lowest BCUT2D eigenvalue weighted by Gasteiger charge is -2.34. The van der Waals surface area contributed by atoms with Gasteiger partial charge < -0.3 is 15.1 Å². The Hall–Kier alpha value is -4.21. The van der Waals surface area contributed by atoms with Gasteiger partial charge in [-0.25, -0.2) is 9.97 Å². The molecule has 5 rings (SSSR count). The minimum absolute atomic E-state index is 0.0552. The molecular formula is C26H23F3N6O. The van der Waals surface area contributed by atoms with Crippen molar-refractivity contribution in [3.63, 3.8) is 0 Å². The molecule has 0 radical (unpaired) electrons. The number of halogens is 3. The van der Waals surface area contributed by atoms with E-state index in [9.17, 15) is 18.0 Å². The lowest BCUT2D eigenvalue weighted by molar-refractivity contribution is -0.137. The molecule has 4 aromatic rings. The van der Waals surface area contributed by atoms with Gasteiger partial charge in [-0.1, -0.05) is 6.07 Å². The van der Waals surface area contributed by atoms with Crippen LogP contribution in [-0.2, 0) is 6.18 Å². The highest BCUT2D eigenvalue weighted by atomic mass is 19.4. The number of aromatic nitrogens is 3. The number of pyridine rings is 1. The maximum Gasteiger partial charge on any atom is 0.416 e. The lowest BCUT2D eigenvalue weighted by Crippen LogP contribution is -2.49. The molecule has 0 bridgehead atoms. The Morgan fingerprint density at radius 2 is 1.64 bits per heavy atom. The summed E-state index contributed by atoms with van der Waals surface area (Å²) >= 11 is 0. The summed E-state index contributed by atoms with van der Waals surface area (Å²) < 4.78 is 39.1. The number of carbonyl (C=O) groups is 1. The normalized spacial score (nSPS) is 14.2. The number of hydrogen-bond donors (Lipinski definition) is 1. The number of fused-ring (bicyclic) bond motifs is 1. The monoisotopic (exact) mass is 492 g/mol. The Balaban J connectivity index is 1.25. The molecule has 1 fully saturated rings. The number of alkyl halides is 3.